The molecule has 1 aliphatic heterocycles. The molecule has 0 spiro atoms. The highest BCUT2D eigenvalue weighted by atomic mass is 127. The number of hydrogen-bond acceptors (Lipinski definition) is 5. The van der Waals surface area contributed by atoms with E-state index in [1.807, 2.05) is 45.9 Å². The van der Waals surface area contributed by atoms with E-state index >= 15 is 0 Å². The Morgan fingerprint density at radius 3 is 2.45 bits per heavy atom. The SMILES string of the molecule is CCCNC(=O)CNC(=NCC(=O)NC(C)(C)C)Nc1ccc2c(c1)OCCCO2.I. The van der Waals surface area contributed by atoms with Gasteiger partial charge in [-0.25, -0.2) is 4.99 Å². The maximum atomic E-state index is 12.1. The van der Waals surface area contributed by atoms with E-state index in [4.69, 9.17) is 9.47 Å². The standard InChI is InChI=1S/C21H33N5O4.HI/c1-5-9-22-18(27)13-23-20(24-14-19(28)26-21(2,3)4)25-15-7-8-16-17(12-15)30-11-6-10-29-16;/h7-8,12H,5-6,9-11,13-14H2,1-4H3,(H,22,27)(H,26,28)(H2,23,24,25);1H. The van der Waals surface area contributed by atoms with E-state index in [2.05, 4.69) is 26.3 Å². The molecule has 2 amide bonds. The largest absolute Gasteiger partial charge is 0.490 e. The van der Waals surface area contributed by atoms with Gasteiger partial charge in [0.1, 0.15) is 6.54 Å². The summed E-state index contributed by atoms with van der Waals surface area (Å²) in [6.07, 6.45) is 1.68. The van der Waals surface area contributed by atoms with Crippen molar-refractivity contribution in [2.75, 3.05) is 38.2 Å². The normalized spacial score (nSPS) is 13.4. The van der Waals surface area contributed by atoms with Crippen LogP contribution in [-0.4, -0.2) is 56.2 Å². The first-order valence-corrected chi connectivity index (χ1v) is 10.3. The number of halogens is 1. The summed E-state index contributed by atoms with van der Waals surface area (Å²) in [7, 11) is 0. The molecule has 0 saturated carbocycles. The van der Waals surface area contributed by atoms with Crippen LogP contribution in [0.1, 0.15) is 40.5 Å². The lowest BCUT2D eigenvalue weighted by Crippen LogP contribution is -2.43. The van der Waals surface area contributed by atoms with Gasteiger partial charge in [-0.1, -0.05) is 6.92 Å². The maximum Gasteiger partial charge on any atom is 0.242 e. The summed E-state index contributed by atoms with van der Waals surface area (Å²) < 4.78 is 11.4. The Bertz CT molecular complexity index is 765. The second-order valence-electron chi connectivity index (χ2n) is 8.00. The van der Waals surface area contributed by atoms with E-state index in [0.717, 1.165) is 12.8 Å². The van der Waals surface area contributed by atoms with E-state index in [1.54, 1.807) is 0 Å². The van der Waals surface area contributed by atoms with Crippen molar-refractivity contribution in [2.24, 2.45) is 4.99 Å². The number of carbonyl (C=O) groups is 2. The Morgan fingerprint density at radius 1 is 1.06 bits per heavy atom. The van der Waals surface area contributed by atoms with Gasteiger partial charge in [-0.05, 0) is 39.3 Å². The third kappa shape index (κ3) is 10.6. The second-order valence-corrected chi connectivity index (χ2v) is 8.00. The summed E-state index contributed by atoms with van der Waals surface area (Å²) in [5.74, 6) is 1.29. The summed E-state index contributed by atoms with van der Waals surface area (Å²) in [6.45, 7) is 9.47. The monoisotopic (exact) mass is 547 g/mol. The molecular weight excluding hydrogens is 513 g/mol. The zero-order chi connectivity index (χ0) is 22.0. The molecule has 174 valence electrons. The lowest BCUT2D eigenvalue weighted by atomic mass is 10.1. The van der Waals surface area contributed by atoms with Crippen LogP contribution >= 0.6 is 24.0 Å². The number of aliphatic imine (C=N–C) groups is 1. The molecular formula is C21H34IN5O4. The lowest BCUT2D eigenvalue weighted by Gasteiger charge is -2.20. The predicted octanol–water partition coefficient (Wildman–Crippen LogP) is 2.26. The molecule has 1 aliphatic rings. The second kappa shape index (κ2) is 13.2. The van der Waals surface area contributed by atoms with Gasteiger partial charge in [-0.2, -0.15) is 0 Å². The van der Waals surface area contributed by atoms with Crippen molar-refractivity contribution >= 4 is 47.4 Å². The summed E-state index contributed by atoms with van der Waals surface area (Å²) in [5, 5.41) is 11.7. The molecule has 0 fully saturated rings. The molecule has 2 rings (SSSR count). The van der Waals surface area contributed by atoms with Gasteiger partial charge < -0.3 is 30.7 Å². The van der Waals surface area contributed by atoms with Gasteiger partial charge in [0.05, 0.1) is 19.8 Å². The average molecular weight is 547 g/mol. The van der Waals surface area contributed by atoms with E-state index in [9.17, 15) is 9.59 Å². The molecule has 4 N–H and O–H groups in total. The minimum absolute atomic E-state index is 0. The van der Waals surface area contributed by atoms with Gasteiger partial charge >= 0.3 is 0 Å². The number of amides is 2. The van der Waals surface area contributed by atoms with E-state index in [1.165, 1.54) is 0 Å². The van der Waals surface area contributed by atoms with Crippen molar-refractivity contribution in [1.29, 1.82) is 0 Å². The fourth-order valence-electron chi connectivity index (χ4n) is 2.62. The molecule has 1 aromatic carbocycles. The zero-order valence-corrected chi connectivity index (χ0v) is 21.0. The average Bonchev–Trinajstić information content (AvgIpc) is 2.92. The highest BCUT2D eigenvalue weighted by molar-refractivity contribution is 14.0. The number of guanidine groups is 1. The van der Waals surface area contributed by atoms with Gasteiger partial charge in [0.2, 0.25) is 11.8 Å². The Hall–Kier alpha value is -2.24. The third-order valence-electron chi connectivity index (χ3n) is 3.89. The van der Waals surface area contributed by atoms with Gasteiger partial charge in [0.15, 0.2) is 17.5 Å². The maximum absolute atomic E-state index is 12.1. The van der Waals surface area contributed by atoms with Crippen molar-refractivity contribution in [3.05, 3.63) is 18.2 Å². The molecule has 0 saturated heterocycles. The Morgan fingerprint density at radius 2 is 1.77 bits per heavy atom. The molecule has 0 radical (unpaired) electrons. The molecule has 1 heterocycles. The number of nitrogens with one attached hydrogen (secondary N) is 4. The smallest absolute Gasteiger partial charge is 0.242 e. The van der Waals surface area contributed by atoms with Crippen LogP contribution in [0.5, 0.6) is 11.5 Å². The fraction of sp³-hybridized carbons (Fsp3) is 0.571. The fourth-order valence-corrected chi connectivity index (χ4v) is 2.62. The van der Waals surface area contributed by atoms with Crippen molar-refractivity contribution < 1.29 is 19.1 Å². The van der Waals surface area contributed by atoms with Crippen LogP contribution in [0.25, 0.3) is 0 Å². The molecule has 0 unspecified atom stereocenters. The van der Waals surface area contributed by atoms with Crippen LogP contribution in [-0.2, 0) is 9.59 Å². The summed E-state index contributed by atoms with van der Waals surface area (Å²) in [6, 6.07) is 5.46. The Balaban J connectivity index is 0.00000480. The third-order valence-corrected chi connectivity index (χ3v) is 3.89. The van der Waals surface area contributed by atoms with E-state index in [0.29, 0.717) is 42.9 Å². The van der Waals surface area contributed by atoms with Gasteiger partial charge in [0.25, 0.3) is 0 Å². The number of ether oxygens (including phenoxy) is 2. The number of fused-ring (bicyclic) bond motifs is 1. The molecule has 0 bridgehead atoms. The first kappa shape index (κ1) is 26.8. The molecule has 9 nitrogen and oxygen atoms in total. The van der Waals surface area contributed by atoms with E-state index < -0.39 is 0 Å². The van der Waals surface area contributed by atoms with Crippen molar-refractivity contribution in [3.8, 4) is 11.5 Å². The van der Waals surface area contributed by atoms with Crippen LogP contribution < -0.4 is 30.7 Å². The highest BCUT2D eigenvalue weighted by Crippen LogP contribution is 2.32. The lowest BCUT2D eigenvalue weighted by molar-refractivity contribution is -0.121. The number of nitrogens with zero attached hydrogens (tertiary/aromatic N) is 1. The summed E-state index contributed by atoms with van der Waals surface area (Å²) in [5.41, 5.74) is 0.359. The Labute approximate surface area is 201 Å². The van der Waals surface area contributed by atoms with Gasteiger partial charge in [-0.15, -0.1) is 24.0 Å². The van der Waals surface area contributed by atoms with Crippen LogP contribution in [0, 0.1) is 0 Å². The molecule has 1 aromatic rings. The molecule has 10 heteroatoms. The van der Waals surface area contributed by atoms with Gasteiger partial charge in [0, 0.05) is 30.3 Å². The van der Waals surface area contributed by atoms with Crippen molar-refractivity contribution in [1.82, 2.24) is 16.0 Å². The Kier molecular flexibility index (Phi) is 11.4. The molecule has 0 aromatic heterocycles. The van der Waals surface area contributed by atoms with Crippen LogP contribution in [0.3, 0.4) is 0 Å². The zero-order valence-electron chi connectivity index (χ0n) is 18.7. The van der Waals surface area contributed by atoms with Gasteiger partial charge in [-0.3, -0.25) is 9.59 Å². The number of benzene rings is 1. The molecule has 0 aliphatic carbocycles. The van der Waals surface area contributed by atoms with E-state index in [-0.39, 0.29) is 54.4 Å². The molecule has 31 heavy (non-hydrogen) atoms. The van der Waals surface area contributed by atoms with Crippen LogP contribution in [0.2, 0.25) is 0 Å². The predicted molar refractivity (Wildman–Crippen MR) is 133 cm³/mol. The van der Waals surface area contributed by atoms with Crippen LogP contribution in [0.15, 0.2) is 23.2 Å². The van der Waals surface area contributed by atoms with Crippen LogP contribution in [0.4, 0.5) is 5.69 Å². The topological polar surface area (TPSA) is 113 Å². The number of hydrogen-bond donors (Lipinski definition) is 4. The summed E-state index contributed by atoms with van der Waals surface area (Å²) in [4.78, 5) is 28.4. The molecule has 0 atom stereocenters. The number of rotatable bonds is 7. The minimum Gasteiger partial charge on any atom is -0.490 e. The van der Waals surface area contributed by atoms with Crippen molar-refractivity contribution in [2.45, 2.75) is 46.1 Å². The minimum atomic E-state index is -0.345. The quantitative estimate of drug-likeness (QED) is 0.237. The highest BCUT2D eigenvalue weighted by Gasteiger charge is 2.15. The number of anilines is 1. The first-order chi connectivity index (χ1) is 14.3. The number of carbonyl (C=O) groups excluding carboxylic acids is 2. The van der Waals surface area contributed by atoms with Crippen molar-refractivity contribution in [3.63, 3.8) is 0 Å². The first-order valence-electron chi connectivity index (χ1n) is 10.3. The summed E-state index contributed by atoms with van der Waals surface area (Å²) >= 11 is 0.